The van der Waals surface area contributed by atoms with Crippen LogP contribution in [0.15, 0.2) is 42.5 Å². The van der Waals surface area contributed by atoms with Crippen molar-refractivity contribution in [3.05, 3.63) is 53.1 Å². The molecule has 2 N–H and O–H groups in total. The van der Waals surface area contributed by atoms with E-state index in [4.69, 9.17) is 11.6 Å². The van der Waals surface area contributed by atoms with E-state index in [0.717, 1.165) is 22.4 Å². The Morgan fingerprint density at radius 2 is 2.00 bits per heavy atom. The second-order valence-electron chi connectivity index (χ2n) is 5.69. The summed E-state index contributed by atoms with van der Waals surface area (Å²) in [5.41, 5.74) is 3.78. The van der Waals surface area contributed by atoms with Crippen molar-refractivity contribution in [2.75, 3.05) is 5.32 Å². The van der Waals surface area contributed by atoms with Gasteiger partial charge in [0.2, 0.25) is 11.8 Å². The van der Waals surface area contributed by atoms with E-state index in [1.54, 1.807) is 0 Å². The molecule has 1 atom stereocenters. The zero-order valence-corrected chi connectivity index (χ0v) is 13.5. The summed E-state index contributed by atoms with van der Waals surface area (Å²) in [6.45, 7) is 1.94. The first-order valence-electron chi connectivity index (χ1n) is 7.50. The van der Waals surface area contributed by atoms with E-state index in [1.165, 1.54) is 0 Å². The highest BCUT2D eigenvalue weighted by Crippen LogP contribution is 2.27. The lowest BCUT2D eigenvalue weighted by atomic mass is 10.0. The summed E-state index contributed by atoms with van der Waals surface area (Å²) in [6.07, 6.45) is 0.953. The van der Waals surface area contributed by atoms with Gasteiger partial charge in [-0.05, 0) is 54.3 Å². The molecule has 4 nitrogen and oxygen atoms in total. The minimum atomic E-state index is -0.436. The first-order valence-corrected chi connectivity index (χ1v) is 7.87. The number of carbonyl (C=O) groups excluding carboxylic acids is 2. The third-order valence-corrected chi connectivity index (χ3v) is 4.19. The summed E-state index contributed by atoms with van der Waals surface area (Å²) in [6, 6.07) is 13.0. The Kier molecular flexibility index (Phi) is 4.35. The fourth-order valence-corrected chi connectivity index (χ4v) is 2.87. The van der Waals surface area contributed by atoms with Crippen molar-refractivity contribution in [2.45, 2.75) is 25.8 Å². The average molecular weight is 329 g/mol. The van der Waals surface area contributed by atoms with Crippen LogP contribution in [0.3, 0.4) is 0 Å². The predicted molar refractivity (Wildman–Crippen MR) is 91.4 cm³/mol. The number of amides is 2. The Balaban J connectivity index is 1.77. The molecule has 2 aromatic carbocycles. The molecular formula is C18H17ClN2O2. The maximum atomic E-state index is 12.2. The number of benzene rings is 2. The molecule has 0 bridgehead atoms. The maximum Gasteiger partial charge on any atom is 0.246 e. The number of anilines is 1. The Labute approximate surface area is 139 Å². The van der Waals surface area contributed by atoms with Gasteiger partial charge < -0.3 is 10.6 Å². The molecule has 3 rings (SSSR count). The summed E-state index contributed by atoms with van der Waals surface area (Å²) in [5.74, 6) is -0.243. The van der Waals surface area contributed by atoms with E-state index in [1.807, 2.05) is 49.4 Å². The summed E-state index contributed by atoms with van der Waals surface area (Å²) in [7, 11) is 0. The fourth-order valence-electron chi connectivity index (χ4n) is 2.68. The van der Waals surface area contributed by atoms with Crippen LogP contribution in [0.1, 0.15) is 18.4 Å². The number of aryl methyl sites for hydroxylation is 1. The zero-order chi connectivity index (χ0) is 16.4. The molecule has 1 fully saturated rings. The lowest BCUT2D eigenvalue weighted by Gasteiger charge is -2.14. The van der Waals surface area contributed by atoms with Crippen LogP contribution < -0.4 is 10.6 Å². The van der Waals surface area contributed by atoms with Crippen molar-refractivity contribution in [3.63, 3.8) is 0 Å². The number of rotatable bonds is 3. The molecule has 2 aromatic rings. The normalized spacial score (nSPS) is 17.0. The molecule has 23 heavy (non-hydrogen) atoms. The molecule has 0 spiro atoms. The molecule has 1 heterocycles. The zero-order valence-electron chi connectivity index (χ0n) is 12.7. The molecule has 1 aliphatic rings. The van der Waals surface area contributed by atoms with Gasteiger partial charge in [0, 0.05) is 17.1 Å². The van der Waals surface area contributed by atoms with Crippen LogP contribution in [0.2, 0.25) is 5.02 Å². The first-order chi connectivity index (χ1) is 11.0. The van der Waals surface area contributed by atoms with Gasteiger partial charge >= 0.3 is 0 Å². The Hall–Kier alpha value is -2.33. The smallest absolute Gasteiger partial charge is 0.246 e. The molecule has 1 aliphatic heterocycles. The van der Waals surface area contributed by atoms with Gasteiger partial charge in [-0.1, -0.05) is 29.8 Å². The summed E-state index contributed by atoms with van der Waals surface area (Å²) < 4.78 is 0. The van der Waals surface area contributed by atoms with Crippen LogP contribution in [-0.2, 0) is 9.59 Å². The summed E-state index contributed by atoms with van der Waals surface area (Å²) in [5, 5.41) is 6.24. The number of halogens is 1. The van der Waals surface area contributed by atoms with Crippen LogP contribution in [0, 0.1) is 6.92 Å². The van der Waals surface area contributed by atoms with E-state index in [9.17, 15) is 9.59 Å². The highest BCUT2D eigenvalue weighted by Gasteiger charge is 2.27. The first kappa shape index (κ1) is 15.6. The largest absolute Gasteiger partial charge is 0.344 e. The highest BCUT2D eigenvalue weighted by atomic mass is 35.5. The van der Waals surface area contributed by atoms with Crippen LogP contribution in [0.25, 0.3) is 11.1 Å². The van der Waals surface area contributed by atoms with Gasteiger partial charge in [0.05, 0.1) is 0 Å². The van der Waals surface area contributed by atoms with Crippen LogP contribution in [0.4, 0.5) is 5.69 Å². The number of hydrogen-bond donors (Lipinski definition) is 2. The van der Waals surface area contributed by atoms with Gasteiger partial charge in [0.25, 0.3) is 0 Å². The van der Waals surface area contributed by atoms with Crippen LogP contribution in [0.5, 0.6) is 0 Å². The molecule has 0 saturated carbocycles. The van der Waals surface area contributed by atoms with Crippen molar-refractivity contribution >= 4 is 29.1 Å². The minimum absolute atomic E-state index is 0.0711. The topological polar surface area (TPSA) is 58.2 Å². The highest BCUT2D eigenvalue weighted by molar-refractivity contribution is 6.30. The molecule has 5 heteroatoms. The monoisotopic (exact) mass is 328 g/mol. The lowest BCUT2D eigenvalue weighted by Crippen LogP contribution is -2.37. The standard InChI is InChI=1S/C18H17ClN2O2/c1-11-9-13(12-3-2-4-14(19)10-12)5-6-15(11)21-18(23)16-7-8-17(22)20-16/h2-6,9-10,16H,7-8H2,1H3,(H,20,22)(H,21,23)/t16-/m1/s1. The number of carbonyl (C=O) groups is 2. The molecule has 0 aliphatic carbocycles. The minimum Gasteiger partial charge on any atom is -0.344 e. The number of nitrogens with one attached hydrogen (secondary N) is 2. The van der Waals surface area contributed by atoms with Gasteiger partial charge in [-0.25, -0.2) is 0 Å². The van der Waals surface area contributed by atoms with Crippen molar-refractivity contribution in [1.82, 2.24) is 5.32 Å². The summed E-state index contributed by atoms with van der Waals surface area (Å²) in [4.78, 5) is 23.4. The molecule has 2 amide bonds. The van der Waals surface area contributed by atoms with Crippen molar-refractivity contribution < 1.29 is 9.59 Å². The van der Waals surface area contributed by atoms with Gasteiger partial charge in [0.1, 0.15) is 6.04 Å². The average Bonchev–Trinajstić information content (AvgIpc) is 2.96. The second kappa shape index (κ2) is 6.42. The Morgan fingerprint density at radius 1 is 1.22 bits per heavy atom. The van der Waals surface area contributed by atoms with Crippen molar-refractivity contribution in [3.8, 4) is 11.1 Å². The SMILES string of the molecule is Cc1cc(-c2cccc(Cl)c2)ccc1NC(=O)[C@H]1CCC(=O)N1. The van der Waals surface area contributed by atoms with E-state index in [-0.39, 0.29) is 11.8 Å². The quantitative estimate of drug-likeness (QED) is 0.905. The van der Waals surface area contributed by atoms with Gasteiger partial charge in [-0.2, -0.15) is 0 Å². The van der Waals surface area contributed by atoms with E-state index < -0.39 is 6.04 Å². The maximum absolute atomic E-state index is 12.2. The Morgan fingerprint density at radius 3 is 2.65 bits per heavy atom. The van der Waals surface area contributed by atoms with Gasteiger partial charge in [-0.15, -0.1) is 0 Å². The van der Waals surface area contributed by atoms with E-state index in [0.29, 0.717) is 17.9 Å². The van der Waals surface area contributed by atoms with E-state index in [2.05, 4.69) is 10.6 Å². The number of hydrogen-bond acceptors (Lipinski definition) is 2. The molecular weight excluding hydrogens is 312 g/mol. The second-order valence-corrected chi connectivity index (χ2v) is 6.12. The van der Waals surface area contributed by atoms with Gasteiger partial charge in [-0.3, -0.25) is 9.59 Å². The molecule has 0 unspecified atom stereocenters. The van der Waals surface area contributed by atoms with Crippen molar-refractivity contribution in [1.29, 1.82) is 0 Å². The molecule has 1 saturated heterocycles. The summed E-state index contributed by atoms with van der Waals surface area (Å²) >= 11 is 6.03. The van der Waals surface area contributed by atoms with Crippen LogP contribution in [-0.4, -0.2) is 17.9 Å². The Bertz CT molecular complexity index is 773. The van der Waals surface area contributed by atoms with Crippen LogP contribution >= 0.6 is 11.6 Å². The predicted octanol–water partition coefficient (Wildman–Crippen LogP) is 3.53. The molecule has 0 aromatic heterocycles. The third-order valence-electron chi connectivity index (χ3n) is 3.95. The third kappa shape index (κ3) is 3.54. The van der Waals surface area contributed by atoms with Gasteiger partial charge in [0.15, 0.2) is 0 Å². The lowest BCUT2D eigenvalue weighted by molar-refractivity contribution is -0.122. The fraction of sp³-hybridized carbons (Fsp3) is 0.222. The van der Waals surface area contributed by atoms with Crippen molar-refractivity contribution in [2.24, 2.45) is 0 Å². The van der Waals surface area contributed by atoms with E-state index >= 15 is 0 Å². The molecule has 0 radical (unpaired) electrons. The molecule has 118 valence electrons.